The molecule has 0 heterocycles. The molecular weight excluding hydrogens is 388 g/mol. The first-order chi connectivity index (χ1) is 15.0. The van der Waals surface area contributed by atoms with E-state index in [2.05, 4.69) is 131 Å². The molecule has 0 radical (unpaired) electrons. The molecule has 0 nitrogen and oxygen atoms in total. The molecule has 0 bridgehead atoms. The molecule has 5 rings (SSSR count). The zero-order valence-corrected chi connectivity index (χ0v) is 19.9. The van der Waals surface area contributed by atoms with E-state index in [0.717, 1.165) is 0 Å². The van der Waals surface area contributed by atoms with Crippen molar-refractivity contribution in [3.63, 3.8) is 0 Å². The number of allylic oxidation sites excluding steroid dienone is 5. The predicted octanol–water partition coefficient (Wildman–Crippen LogP) is 6.66. The summed E-state index contributed by atoms with van der Waals surface area (Å²) in [6, 6.07) is 31.8. The summed E-state index contributed by atoms with van der Waals surface area (Å²) in [5.41, 5.74) is 7.65. The van der Waals surface area contributed by atoms with Crippen molar-refractivity contribution in [1.29, 1.82) is 0 Å². The van der Waals surface area contributed by atoms with E-state index < -0.39 is 8.07 Å². The number of hydrogen-bond donors (Lipinski definition) is 0. The minimum absolute atomic E-state index is 0.0175. The molecule has 0 saturated heterocycles. The minimum atomic E-state index is -2.42. The Bertz CT molecular complexity index is 1170. The monoisotopic (exact) mass is 418 g/mol. The second-order valence-corrected chi connectivity index (χ2v) is 13.7. The van der Waals surface area contributed by atoms with Crippen molar-refractivity contribution in [1.82, 2.24) is 0 Å². The molecule has 2 aliphatic rings. The van der Waals surface area contributed by atoms with Crippen LogP contribution in [-0.4, -0.2) is 8.07 Å². The molecule has 0 aliphatic heterocycles. The summed E-state index contributed by atoms with van der Waals surface area (Å²) in [7, 11) is -2.42. The van der Waals surface area contributed by atoms with Crippen molar-refractivity contribution in [3.8, 4) is 0 Å². The van der Waals surface area contributed by atoms with Gasteiger partial charge in [0.2, 0.25) is 0 Å². The van der Waals surface area contributed by atoms with Crippen molar-refractivity contribution in [3.05, 3.63) is 125 Å². The first-order valence-electron chi connectivity index (χ1n) is 11.3. The van der Waals surface area contributed by atoms with Crippen molar-refractivity contribution in [2.45, 2.75) is 38.3 Å². The lowest BCUT2D eigenvalue weighted by Gasteiger charge is -2.50. The van der Waals surface area contributed by atoms with Gasteiger partial charge in [0.05, 0.1) is 0 Å². The number of hydrogen-bond acceptors (Lipinski definition) is 0. The minimum Gasteiger partial charge on any atom is -0.0784 e. The molecule has 0 saturated carbocycles. The first kappa shape index (κ1) is 20.0. The van der Waals surface area contributed by atoms with Gasteiger partial charge in [0.1, 0.15) is 8.07 Å². The highest BCUT2D eigenvalue weighted by Crippen LogP contribution is 2.58. The lowest BCUT2D eigenvalue weighted by atomic mass is 10.0. The third kappa shape index (κ3) is 2.73. The Hall–Kier alpha value is -2.90. The topological polar surface area (TPSA) is 0 Å². The lowest BCUT2D eigenvalue weighted by Crippen LogP contribution is -2.68. The average Bonchev–Trinajstić information content (AvgIpc) is 3.32. The van der Waals surface area contributed by atoms with Crippen LogP contribution in [-0.2, 0) is 0 Å². The summed E-state index contributed by atoms with van der Waals surface area (Å²) in [5.74, 6) is 0. The van der Waals surface area contributed by atoms with Crippen LogP contribution in [0.5, 0.6) is 0 Å². The van der Waals surface area contributed by atoms with E-state index in [1.165, 1.54) is 38.2 Å². The fourth-order valence-corrected chi connectivity index (χ4v) is 12.9. The van der Waals surface area contributed by atoms with Gasteiger partial charge in [-0.2, -0.15) is 0 Å². The van der Waals surface area contributed by atoms with Crippen LogP contribution in [0.25, 0.3) is 6.08 Å². The van der Waals surface area contributed by atoms with E-state index in [9.17, 15) is 0 Å². The molecule has 0 aromatic heterocycles. The summed E-state index contributed by atoms with van der Waals surface area (Å²) < 4.78 is 0. The van der Waals surface area contributed by atoms with Gasteiger partial charge in [-0.05, 0) is 37.5 Å². The highest BCUT2D eigenvalue weighted by atomic mass is 28.3. The maximum Gasteiger partial charge on any atom is 0.142 e. The molecule has 3 aromatic carbocycles. The van der Waals surface area contributed by atoms with Gasteiger partial charge in [0, 0.05) is 10.6 Å². The standard InChI is InChI=1S/C30H30Si/c1-22-21-30(4,24(3)23(22)2)31(26-14-7-5-8-15-26,27-16-9-6-10-17-27)29-20-19-25-13-11-12-18-28(25)29/h5-21,29H,1-4H3. The average molecular weight is 419 g/mol. The van der Waals surface area contributed by atoms with E-state index in [-0.39, 0.29) is 5.04 Å². The Labute approximate surface area is 187 Å². The van der Waals surface area contributed by atoms with E-state index in [1.54, 1.807) is 0 Å². The molecule has 0 N–H and O–H groups in total. The molecule has 31 heavy (non-hydrogen) atoms. The normalized spacial score (nSPS) is 22.6. The second kappa shape index (κ2) is 7.35. The van der Waals surface area contributed by atoms with Crippen molar-refractivity contribution >= 4 is 24.5 Å². The van der Waals surface area contributed by atoms with E-state index in [1.807, 2.05) is 0 Å². The summed E-state index contributed by atoms with van der Waals surface area (Å²) in [6.45, 7) is 9.49. The van der Waals surface area contributed by atoms with Gasteiger partial charge in [-0.3, -0.25) is 0 Å². The maximum atomic E-state index is 2.60. The summed E-state index contributed by atoms with van der Waals surface area (Å²) in [4.78, 5) is 0. The molecule has 0 fully saturated rings. The van der Waals surface area contributed by atoms with Crippen LogP contribution < -0.4 is 10.4 Å². The SMILES string of the molecule is CC1=CC(C)([Si](c2ccccc2)(c2ccccc2)C2C=Cc3ccccc32)C(C)=C1C. The van der Waals surface area contributed by atoms with Gasteiger partial charge >= 0.3 is 0 Å². The Morgan fingerprint density at radius 2 is 1.26 bits per heavy atom. The molecule has 3 aromatic rings. The molecular formula is C30H30Si. The summed E-state index contributed by atoms with van der Waals surface area (Å²) in [6.07, 6.45) is 7.46. The van der Waals surface area contributed by atoms with Crippen LogP contribution in [0.1, 0.15) is 44.4 Å². The summed E-state index contributed by atoms with van der Waals surface area (Å²) >= 11 is 0. The molecule has 0 amide bonds. The van der Waals surface area contributed by atoms with Gasteiger partial charge in [-0.1, -0.05) is 132 Å². The summed E-state index contributed by atoms with van der Waals surface area (Å²) in [5, 5.41) is 3.00. The van der Waals surface area contributed by atoms with E-state index in [4.69, 9.17) is 0 Å². The van der Waals surface area contributed by atoms with Gasteiger partial charge in [0.25, 0.3) is 0 Å². The maximum absolute atomic E-state index is 2.60. The first-order valence-corrected chi connectivity index (χ1v) is 13.3. The number of fused-ring (bicyclic) bond motifs is 1. The van der Waals surface area contributed by atoms with Gasteiger partial charge in [-0.15, -0.1) is 0 Å². The zero-order valence-electron chi connectivity index (χ0n) is 18.9. The van der Waals surface area contributed by atoms with Gasteiger partial charge in [-0.25, -0.2) is 0 Å². The van der Waals surface area contributed by atoms with Crippen LogP contribution in [0.3, 0.4) is 0 Å². The highest BCUT2D eigenvalue weighted by molar-refractivity contribution is 7.06. The Balaban J connectivity index is 1.93. The van der Waals surface area contributed by atoms with Crippen molar-refractivity contribution < 1.29 is 0 Å². The van der Waals surface area contributed by atoms with E-state index >= 15 is 0 Å². The largest absolute Gasteiger partial charge is 0.142 e. The quantitative estimate of drug-likeness (QED) is 0.416. The van der Waals surface area contributed by atoms with Gasteiger partial charge in [0.15, 0.2) is 0 Å². The molecule has 2 aliphatic carbocycles. The van der Waals surface area contributed by atoms with Crippen LogP contribution in [0.2, 0.25) is 5.04 Å². The molecule has 154 valence electrons. The Morgan fingerprint density at radius 3 is 1.81 bits per heavy atom. The lowest BCUT2D eigenvalue weighted by molar-refractivity contribution is 0.839. The third-order valence-corrected chi connectivity index (χ3v) is 14.1. The van der Waals surface area contributed by atoms with Crippen LogP contribution in [0, 0.1) is 0 Å². The second-order valence-electron chi connectivity index (χ2n) is 9.29. The third-order valence-electron chi connectivity index (χ3n) is 7.98. The van der Waals surface area contributed by atoms with Crippen LogP contribution in [0.15, 0.2) is 114 Å². The van der Waals surface area contributed by atoms with Gasteiger partial charge < -0.3 is 0 Å². The number of benzene rings is 3. The molecule has 0 spiro atoms. The Kier molecular flexibility index (Phi) is 4.75. The smallest absolute Gasteiger partial charge is 0.0784 e. The van der Waals surface area contributed by atoms with Crippen molar-refractivity contribution in [2.75, 3.05) is 0 Å². The highest BCUT2D eigenvalue weighted by Gasteiger charge is 2.59. The number of rotatable bonds is 4. The molecule has 1 heteroatoms. The molecule has 2 atom stereocenters. The predicted molar refractivity (Wildman–Crippen MR) is 137 cm³/mol. The molecule has 2 unspecified atom stereocenters. The van der Waals surface area contributed by atoms with Crippen molar-refractivity contribution in [2.24, 2.45) is 0 Å². The zero-order chi connectivity index (χ0) is 21.6. The Morgan fingerprint density at radius 1 is 0.710 bits per heavy atom. The fraction of sp³-hybridized carbons (Fsp3) is 0.200. The van der Waals surface area contributed by atoms with Crippen LogP contribution >= 0.6 is 0 Å². The van der Waals surface area contributed by atoms with E-state index in [0.29, 0.717) is 5.54 Å². The van der Waals surface area contributed by atoms with Crippen LogP contribution in [0.4, 0.5) is 0 Å². The fourth-order valence-electron chi connectivity index (χ4n) is 6.22.